The Kier molecular flexibility index (Phi) is 10.5. The van der Waals surface area contributed by atoms with Crippen LogP contribution in [0.15, 0.2) is 47.8 Å². The first-order chi connectivity index (χ1) is 15.3. The van der Waals surface area contributed by atoms with Crippen LogP contribution in [0.25, 0.3) is 0 Å². The van der Waals surface area contributed by atoms with Gasteiger partial charge < -0.3 is 20.1 Å². The number of amides is 4. The number of nitrogens with one attached hydrogen (secondary N) is 4. The largest absolute Gasteiger partial charge is 0.450 e. The first-order valence-corrected chi connectivity index (χ1v) is 9.14. The van der Waals surface area contributed by atoms with Crippen molar-refractivity contribution in [1.29, 1.82) is 10.5 Å². The van der Waals surface area contributed by atoms with Gasteiger partial charge in [-0.2, -0.15) is 10.5 Å². The Hall–Kier alpha value is -4.84. The summed E-state index contributed by atoms with van der Waals surface area (Å²) < 4.78 is 9.15. The molecule has 12 nitrogen and oxygen atoms in total. The van der Waals surface area contributed by atoms with E-state index in [1.165, 1.54) is 0 Å². The monoisotopic (exact) mass is 440 g/mol. The summed E-state index contributed by atoms with van der Waals surface area (Å²) in [5.74, 6) is -1.89. The Morgan fingerprint density at radius 3 is 1.59 bits per heavy atom. The number of ether oxygens (including phenoxy) is 2. The highest BCUT2D eigenvalue weighted by molar-refractivity contribution is 6.05. The molecular formula is C20H20N6O6. The molecule has 0 aliphatic heterocycles. The zero-order chi connectivity index (χ0) is 23.9. The van der Waals surface area contributed by atoms with E-state index in [2.05, 4.69) is 20.1 Å². The van der Waals surface area contributed by atoms with Crippen LogP contribution < -0.4 is 21.3 Å². The number of benzene rings is 1. The minimum atomic E-state index is -0.975. The van der Waals surface area contributed by atoms with Crippen LogP contribution in [-0.4, -0.2) is 37.2 Å². The summed E-state index contributed by atoms with van der Waals surface area (Å²) in [5, 5.41) is 27.4. The van der Waals surface area contributed by atoms with Gasteiger partial charge in [0.05, 0.1) is 13.2 Å². The Bertz CT molecular complexity index is 941. The van der Waals surface area contributed by atoms with E-state index in [0.717, 1.165) is 12.4 Å². The molecule has 12 heteroatoms. The minimum Gasteiger partial charge on any atom is -0.450 e. The summed E-state index contributed by atoms with van der Waals surface area (Å²) >= 11 is 0. The van der Waals surface area contributed by atoms with Gasteiger partial charge in [0.25, 0.3) is 11.8 Å². The molecule has 0 aliphatic rings. The van der Waals surface area contributed by atoms with Gasteiger partial charge in [-0.1, -0.05) is 6.07 Å². The Morgan fingerprint density at radius 2 is 1.25 bits per heavy atom. The summed E-state index contributed by atoms with van der Waals surface area (Å²) in [6.45, 7) is 3.26. The fraction of sp³-hybridized carbons (Fsp3) is 0.200. The first-order valence-electron chi connectivity index (χ1n) is 9.14. The maximum Gasteiger partial charge on any atom is 0.414 e. The molecule has 1 rings (SSSR count). The van der Waals surface area contributed by atoms with E-state index in [1.54, 1.807) is 50.3 Å². The molecule has 32 heavy (non-hydrogen) atoms. The molecule has 0 unspecified atom stereocenters. The molecule has 4 N–H and O–H groups in total. The third kappa shape index (κ3) is 8.67. The van der Waals surface area contributed by atoms with Crippen molar-refractivity contribution in [1.82, 2.24) is 10.6 Å². The quantitative estimate of drug-likeness (QED) is 0.344. The summed E-state index contributed by atoms with van der Waals surface area (Å²) in [6, 6.07) is 9.69. The third-order valence-electron chi connectivity index (χ3n) is 3.34. The molecule has 166 valence electrons. The molecule has 0 aromatic heterocycles. The average molecular weight is 440 g/mol. The lowest BCUT2D eigenvalue weighted by molar-refractivity contribution is -0.117. The highest BCUT2D eigenvalue weighted by Crippen LogP contribution is 2.16. The summed E-state index contributed by atoms with van der Waals surface area (Å²) in [6.07, 6.45) is 0.238. The van der Waals surface area contributed by atoms with Crippen molar-refractivity contribution in [2.75, 3.05) is 23.8 Å². The third-order valence-corrected chi connectivity index (χ3v) is 3.34. The van der Waals surface area contributed by atoms with Gasteiger partial charge >= 0.3 is 12.2 Å². The Balaban J connectivity index is 2.84. The molecule has 0 saturated carbocycles. The number of hydrogen-bond acceptors (Lipinski definition) is 10. The van der Waals surface area contributed by atoms with Crippen LogP contribution in [0.2, 0.25) is 0 Å². The molecular weight excluding hydrogens is 420 g/mol. The number of anilines is 2. The van der Waals surface area contributed by atoms with Crippen LogP contribution in [0.3, 0.4) is 0 Å². The smallest absolute Gasteiger partial charge is 0.414 e. The molecule has 4 amide bonds. The second kappa shape index (κ2) is 13.4. The number of nitrogens with zero attached hydrogens (tertiary/aromatic N) is 2. The fourth-order valence-electron chi connectivity index (χ4n) is 1.96. The van der Waals surface area contributed by atoms with Crippen molar-refractivity contribution in [2.45, 2.75) is 13.8 Å². The van der Waals surface area contributed by atoms with E-state index in [9.17, 15) is 19.2 Å². The lowest BCUT2D eigenvalue weighted by Crippen LogP contribution is -2.32. The predicted octanol–water partition coefficient (Wildman–Crippen LogP) is 1.87. The van der Waals surface area contributed by atoms with E-state index in [4.69, 9.17) is 10.5 Å². The molecule has 0 saturated heterocycles. The normalized spacial score (nSPS) is 10.6. The number of nitriles is 2. The van der Waals surface area contributed by atoms with E-state index in [0.29, 0.717) is 11.4 Å². The van der Waals surface area contributed by atoms with Gasteiger partial charge in [0.2, 0.25) is 0 Å². The van der Waals surface area contributed by atoms with Crippen LogP contribution >= 0.6 is 0 Å². The summed E-state index contributed by atoms with van der Waals surface area (Å²) in [5.41, 5.74) is 0.126. The highest BCUT2D eigenvalue weighted by Gasteiger charge is 2.14. The average Bonchev–Trinajstić information content (AvgIpc) is 2.75. The molecule has 1 aromatic carbocycles. The van der Waals surface area contributed by atoms with Crippen molar-refractivity contribution >= 4 is 35.4 Å². The number of carbonyl (C=O) groups excluding carboxylic acids is 4. The van der Waals surface area contributed by atoms with Gasteiger partial charge in [0.15, 0.2) is 0 Å². The van der Waals surface area contributed by atoms with E-state index in [1.807, 2.05) is 10.6 Å². The van der Waals surface area contributed by atoms with Gasteiger partial charge in [-0.25, -0.2) is 9.59 Å². The number of hydrogen-bond donors (Lipinski definition) is 4. The van der Waals surface area contributed by atoms with Crippen molar-refractivity contribution in [3.8, 4) is 12.1 Å². The van der Waals surface area contributed by atoms with Crippen LogP contribution in [0, 0.1) is 22.7 Å². The molecule has 0 bridgehead atoms. The highest BCUT2D eigenvalue weighted by atomic mass is 16.6. The summed E-state index contributed by atoms with van der Waals surface area (Å²) in [7, 11) is 0. The number of alkyl carbamates (subject to hydrolysis) is 2. The molecule has 0 spiro atoms. The summed E-state index contributed by atoms with van der Waals surface area (Å²) in [4.78, 5) is 46.3. The SMILES string of the molecule is CCOC(=O)NC(=O)/C(C#N)=C\Nc1cccc(N/C=C(\C#N)C(=O)NC(=O)OCC)c1. The molecule has 0 radical (unpaired) electrons. The molecule has 0 aliphatic carbocycles. The van der Waals surface area contributed by atoms with Gasteiger partial charge in [0.1, 0.15) is 23.3 Å². The van der Waals surface area contributed by atoms with Gasteiger partial charge in [-0.3, -0.25) is 20.2 Å². The molecule has 0 fully saturated rings. The lowest BCUT2D eigenvalue weighted by atomic mass is 10.2. The second-order valence-corrected chi connectivity index (χ2v) is 5.56. The zero-order valence-electron chi connectivity index (χ0n) is 17.2. The number of carbonyl (C=O) groups is 4. The number of rotatable bonds is 8. The maximum absolute atomic E-state index is 11.9. The van der Waals surface area contributed by atoms with Gasteiger partial charge in [0, 0.05) is 23.8 Å². The number of imide groups is 2. The van der Waals surface area contributed by atoms with Crippen molar-refractivity contribution in [3.63, 3.8) is 0 Å². The van der Waals surface area contributed by atoms with Crippen molar-refractivity contribution in [3.05, 3.63) is 47.8 Å². The lowest BCUT2D eigenvalue weighted by Gasteiger charge is -2.07. The van der Waals surface area contributed by atoms with Crippen molar-refractivity contribution in [2.24, 2.45) is 0 Å². The zero-order valence-corrected chi connectivity index (χ0v) is 17.2. The van der Waals surface area contributed by atoms with Gasteiger partial charge in [-0.15, -0.1) is 0 Å². The second-order valence-electron chi connectivity index (χ2n) is 5.56. The molecule has 1 aromatic rings. The Morgan fingerprint density at radius 1 is 0.844 bits per heavy atom. The standard InChI is InChI=1S/C20H20N6O6/c1-3-31-19(29)25-17(27)13(9-21)11-23-15-6-5-7-16(8-15)24-12-14(10-22)18(28)26-20(30)32-4-2/h5-8,11-12,23-24H,3-4H2,1-2H3,(H,25,27,29)(H,26,28,30)/b13-11-,14-12+. The van der Waals surface area contributed by atoms with E-state index >= 15 is 0 Å². The maximum atomic E-state index is 11.9. The minimum absolute atomic E-state index is 0.0647. The van der Waals surface area contributed by atoms with Crippen LogP contribution in [0.5, 0.6) is 0 Å². The van der Waals surface area contributed by atoms with Gasteiger partial charge in [-0.05, 0) is 32.0 Å². The van der Waals surface area contributed by atoms with Crippen molar-refractivity contribution < 1.29 is 28.7 Å². The predicted molar refractivity (Wildman–Crippen MR) is 111 cm³/mol. The van der Waals surface area contributed by atoms with E-state index in [-0.39, 0.29) is 24.4 Å². The van der Waals surface area contributed by atoms with Crippen LogP contribution in [-0.2, 0) is 19.1 Å². The first kappa shape index (κ1) is 25.2. The molecule has 0 heterocycles. The topological polar surface area (TPSA) is 182 Å². The van der Waals surface area contributed by atoms with E-state index < -0.39 is 24.0 Å². The van der Waals surface area contributed by atoms with Crippen LogP contribution in [0.4, 0.5) is 21.0 Å². The molecule has 0 atom stereocenters. The Labute approximate surface area is 183 Å². The van der Waals surface area contributed by atoms with Crippen LogP contribution in [0.1, 0.15) is 13.8 Å². The fourth-order valence-corrected chi connectivity index (χ4v) is 1.96.